The molecule has 0 saturated carbocycles. The van der Waals surface area contributed by atoms with Crippen LogP contribution in [-0.4, -0.2) is 10.8 Å². The SMILES string of the molecule is O=C(Nc1ccc(Br)cc1F)c1ccc(COc2ccc([N+](=O)[O-])cc2Cl)o1. The van der Waals surface area contributed by atoms with Crippen LogP contribution in [0.2, 0.25) is 5.02 Å². The number of rotatable bonds is 6. The van der Waals surface area contributed by atoms with Crippen molar-refractivity contribution in [1.29, 1.82) is 0 Å². The second-order valence-electron chi connectivity index (χ2n) is 5.50. The third kappa shape index (κ3) is 4.68. The lowest BCUT2D eigenvalue weighted by molar-refractivity contribution is -0.384. The van der Waals surface area contributed by atoms with Crippen LogP contribution in [-0.2, 0) is 6.61 Å². The maximum atomic E-state index is 13.8. The number of benzene rings is 2. The summed E-state index contributed by atoms with van der Waals surface area (Å²) in [6.45, 7) is -0.0581. The van der Waals surface area contributed by atoms with Crippen LogP contribution >= 0.6 is 27.5 Å². The molecule has 2 aromatic carbocycles. The minimum atomic E-state index is -0.624. The first-order valence-corrected chi connectivity index (χ1v) is 8.92. The van der Waals surface area contributed by atoms with Gasteiger partial charge in [-0.1, -0.05) is 27.5 Å². The van der Waals surface area contributed by atoms with Crippen molar-refractivity contribution in [3.8, 4) is 5.75 Å². The van der Waals surface area contributed by atoms with Gasteiger partial charge in [-0.2, -0.15) is 0 Å². The fraction of sp³-hybridized carbons (Fsp3) is 0.0556. The second kappa shape index (κ2) is 8.41. The number of nitrogens with zero attached hydrogens (tertiary/aromatic N) is 1. The summed E-state index contributed by atoms with van der Waals surface area (Å²) < 4.78 is 25.2. The number of carbonyl (C=O) groups excluding carboxylic acids is 1. The molecule has 144 valence electrons. The Bertz CT molecular complexity index is 1060. The largest absolute Gasteiger partial charge is 0.484 e. The summed E-state index contributed by atoms with van der Waals surface area (Å²) >= 11 is 9.08. The van der Waals surface area contributed by atoms with Crippen LogP contribution < -0.4 is 10.1 Å². The Labute approximate surface area is 171 Å². The summed E-state index contributed by atoms with van der Waals surface area (Å²) in [5.41, 5.74) is -0.144. The lowest BCUT2D eigenvalue weighted by Crippen LogP contribution is -2.12. The predicted octanol–water partition coefficient (Wildman–Crippen LogP) is 5.57. The molecule has 0 aliphatic rings. The predicted molar refractivity (Wildman–Crippen MR) is 103 cm³/mol. The molecule has 0 fully saturated rings. The number of ether oxygens (including phenoxy) is 1. The third-order valence-corrected chi connectivity index (χ3v) is 4.35. The van der Waals surface area contributed by atoms with Crippen LogP contribution in [0.4, 0.5) is 15.8 Å². The van der Waals surface area contributed by atoms with Crippen LogP contribution in [0.3, 0.4) is 0 Å². The molecule has 1 N–H and O–H groups in total. The van der Waals surface area contributed by atoms with Crippen LogP contribution in [0.15, 0.2) is 57.4 Å². The van der Waals surface area contributed by atoms with E-state index in [1.807, 2.05) is 0 Å². The Balaban J connectivity index is 1.64. The molecule has 0 radical (unpaired) electrons. The van der Waals surface area contributed by atoms with Gasteiger partial charge in [-0.15, -0.1) is 0 Å². The van der Waals surface area contributed by atoms with Gasteiger partial charge in [0.2, 0.25) is 0 Å². The molecule has 28 heavy (non-hydrogen) atoms. The number of nitro benzene ring substituents is 1. The lowest BCUT2D eigenvalue weighted by Gasteiger charge is -2.06. The molecule has 0 aliphatic carbocycles. The van der Waals surface area contributed by atoms with Gasteiger partial charge in [0.1, 0.15) is 23.9 Å². The number of furan rings is 1. The molecular formula is C18H11BrClFN2O5. The summed E-state index contributed by atoms with van der Waals surface area (Å²) in [4.78, 5) is 22.3. The normalized spacial score (nSPS) is 10.5. The first-order chi connectivity index (χ1) is 13.3. The topological polar surface area (TPSA) is 94.6 Å². The van der Waals surface area contributed by atoms with Crippen molar-refractivity contribution >= 4 is 44.8 Å². The molecule has 0 unspecified atom stereocenters. The summed E-state index contributed by atoms with van der Waals surface area (Å²) in [6, 6.07) is 11.0. The minimum absolute atomic E-state index is 0.0139. The number of nitrogens with one attached hydrogen (secondary N) is 1. The number of non-ortho nitro benzene ring substituents is 1. The highest BCUT2D eigenvalue weighted by molar-refractivity contribution is 9.10. The van der Waals surface area contributed by atoms with Crippen molar-refractivity contribution < 1.29 is 23.3 Å². The number of carbonyl (C=O) groups is 1. The molecule has 1 heterocycles. The van der Waals surface area contributed by atoms with E-state index in [9.17, 15) is 19.3 Å². The Hall–Kier alpha value is -2.91. The van der Waals surface area contributed by atoms with E-state index in [0.29, 0.717) is 10.2 Å². The van der Waals surface area contributed by atoms with Crippen molar-refractivity contribution in [3.63, 3.8) is 0 Å². The molecular weight excluding hydrogens is 459 g/mol. The van der Waals surface area contributed by atoms with Gasteiger partial charge in [0.25, 0.3) is 11.6 Å². The van der Waals surface area contributed by atoms with E-state index in [4.69, 9.17) is 20.8 Å². The Kier molecular flexibility index (Phi) is 5.96. The van der Waals surface area contributed by atoms with E-state index in [0.717, 1.165) is 0 Å². The van der Waals surface area contributed by atoms with Crippen molar-refractivity contribution in [2.75, 3.05) is 5.32 Å². The quantitative estimate of drug-likeness (QED) is 0.376. The standard InChI is InChI=1S/C18H11BrClFN2O5/c19-10-1-4-15(14(21)7-10)22-18(24)17-6-3-12(28-17)9-27-16-5-2-11(23(25)26)8-13(16)20/h1-8H,9H2,(H,22,24). The highest BCUT2D eigenvalue weighted by Gasteiger charge is 2.15. The zero-order valence-corrected chi connectivity index (χ0v) is 16.3. The molecule has 3 rings (SSSR count). The molecule has 0 bridgehead atoms. The van der Waals surface area contributed by atoms with Crippen LogP contribution in [0, 0.1) is 15.9 Å². The van der Waals surface area contributed by atoms with Crippen molar-refractivity contribution in [2.24, 2.45) is 0 Å². The fourth-order valence-corrected chi connectivity index (χ4v) is 2.78. The van der Waals surface area contributed by atoms with Gasteiger partial charge < -0.3 is 14.5 Å². The van der Waals surface area contributed by atoms with Gasteiger partial charge >= 0.3 is 0 Å². The van der Waals surface area contributed by atoms with Gasteiger partial charge in [-0.05, 0) is 36.4 Å². The smallest absolute Gasteiger partial charge is 0.291 e. The second-order valence-corrected chi connectivity index (χ2v) is 6.83. The molecule has 0 aliphatic heterocycles. The molecule has 0 saturated heterocycles. The first-order valence-electron chi connectivity index (χ1n) is 7.75. The van der Waals surface area contributed by atoms with E-state index >= 15 is 0 Å². The average Bonchev–Trinajstić information content (AvgIpc) is 3.12. The molecule has 0 spiro atoms. The number of hydrogen-bond acceptors (Lipinski definition) is 5. The van der Waals surface area contributed by atoms with E-state index in [2.05, 4.69) is 21.2 Å². The van der Waals surface area contributed by atoms with E-state index in [1.54, 1.807) is 6.07 Å². The lowest BCUT2D eigenvalue weighted by atomic mass is 10.3. The van der Waals surface area contributed by atoms with Crippen LogP contribution in [0.25, 0.3) is 0 Å². The Morgan fingerprint density at radius 3 is 2.71 bits per heavy atom. The van der Waals surface area contributed by atoms with E-state index < -0.39 is 16.6 Å². The molecule has 7 nitrogen and oxygen atoms in total. The Morgan fingerprint density at radius 2 is 2.04 bits per heavy atom. The van der Waals surface area contributed by atoms with Gasteiger partial charge in [0, 0.05) is 16.6 Å². The number of halogens is 3. The minimum Gasteiger partial charge on any atom is -0.484 e. The maximum Gasteiger partial charge on any atom is 0.291 e. The summed E-state index contributed by atoms with van der Waals surface area (Å²) in [7, 11) is 0. The van der Waals surface area contributed by atoms with Crippen LogP contribution in [0.1, 0.15) is 16.3 Å². The third-order valence-electron chi connectivity index (χ3n) is 3.56. The molecule has 0 atom stereocenters. The highest BCUT2D eigenvalue weighted by Crippen LogP contribution is 2.29. The summed E-state index contributed by atoms with van der Waals surface area (Å²) in [5.74, 6) is -0.704. The number of hydrogen-bond donors (Lipinski definition) is 1. The first kappa shape index (κ1) is 19.8. The van der Waals surface area contributed by atoms with Crippen LogP contribution in [0.5, 0.6) is 5.75 Å². The molecule has 10 heteroatoms. The van der Waals surface area contributed by atoms with Gasteiger partial charge in [0.05, 0.1) is 15.6 Å². The fourth-order valence-electron chi connectivity index (χ4n) is 2.22. The Morgan fingerprint density at radius 1 is 1.25 bits per heavy atom. The number of amides is 1. The zero-order chi connectivity index (χ0) is 20.3. The molecule has 3 aromatic rings. The van der Waals surface area contributed by atoms with Gasteiger partial charge in [-0.3, -0.25) is 14.9 Å². The number of anilines is 1. The summed E-state index contributed by atoms with van der Waals surface area (Å²) in [5, 5.41) is 13.2. The molecule has 1 aromatic heterocycles. The summed E-state index contributed by atoms with van der Waals surface area (Å²) in [6.07, 6.45) is 0. The number of nitro groups is 1. The van der Waals surface area contributed by atoms with Gasteiger partial charge in [0.15, 0.2) is 5.76 Å². The van der Waals surface area contributed by atoms with Gasteiger partial charge in [-0.25, -0.2) is 4.39 Å². The van der Waals surface area contributed by atoms with E-state index in [-0.39, 0.29) is 34.5 Å². The van der Waals surface area contributed by atoms with Crippen molar-refractivity contribution in [1.82, 2.24) is 0 Å². The average molecular weight is 470 g/mol. The zero-order valence-electron chi connectivity index (χ0n) is 13.9. The van der Waals surface area contributed by atoms with E-state index in [1.165, 1.54) is 42.5 Å². The van der Waals surface area contributed by atoms with Crippen molar-refractivity contribution in [3.05, 3.63) is 85.5 Å². The highest BCUT2D eigenvalue weighted by atomic mass is 79.9. The monoisotopic (exact) mass is 468 g/mol. The maximum absolute atomic E-state index is 13.8. The molecule has 1 amide bonds. The van der Waals surface area contributed by atoms with Crippen molar-refractivity contribution in [2.45, 2.75) is 6.61 Å².